The molecular weight excluding hydrogens is 282 g/mol. The largest absolute Gasteiger partial charge is 0.496 e. The smallest absolute Gasteiger partial charge is 0.128 e. The maximum Gasteiger partial charge on any atom is 0.128 e. The van der Waals surface area contributed by atoms with Crippen LogP contribution in [0.4, 0.5) is 0 Å². The second kappa shape index (κ2) is 4.93. The molecule has 0 saturated carbocycles. The van der Waals surface area contributed by atoms with Gasteiger partial charge in [-0.05, 0) is 40.2 Å². The van der Waals surface area contributed by atoms with Crippen LogP contribution in [0.1, 0.15) is 5.56 Å². The van der Waals surface area contributed by atoms with Crippen molar-refractivity contribution in [1.82, 2.24) is 9.97 Å². The van der Waals surface area contributed by atoms with E-state index >= 15 is 0 Å². The average Bonchev–Trinajstić information content (AvgIpc) is 2.38. The highest BCUT2D eigenvalue weighted by Gasteiger charge is 2.09. The fourth-order valence-electron chi connectivity index (χ4n) is 1.46. The molecule has 0 amide bonds. The zero-order valence-electron chi connectivity index (χ0n) is 9.01. The van der Waals surface area contributed by atoms with E-state index in [1.165, 1.54) is 6.33 Å². The van der Waals surface area contributed by atoms with E-state index in [1.54, 1.807) is 31.4 Å². The van der Waals surface area contributed by atoms with Crippen LogP contribution in [0.2, 0.25) is 0 Å². The van der Waals surface area contributed by atoms with Gasteiger partial charge in [-0.15, -0.1) is 0 Å². The van der Waals surface area contributed by atoms with Crippen LogP contribution in [-0.2, 0) is 0 Å². The number of nitriles is 1. The summed E-state index contributed by atoms with van der Waals surface area (Å²) in [5, 5.41) is 8.89. The predicted octanol–water partition coefficient (Wildman–Crippen LogP) is 2.79. The Morgan fingerprint density at radius 1 is 1.29 bits per heavy atom. The van der Waals surface area contributed by atoms with Gasteiger partial charge in [-0.2, -0.15) is 5.26 Å². The molecule has 4 nitrogen and oxygen atoms in total. The minimum Gasteiger partial charge on any atom is -0.496 e. The lowest BCUT2D eigenvalue weighted by molar-refractivity contribution is 0.416. The number of hydrogen-bond acceptors (Lipinski definition) is 4. The van der Waals surface area contributed by atoms with Crippen LogP contribution in [0.25, 0.3) is 11.3 Å². The predicted molar refractivity (Wildman–Crippen MR) is 66.4 cm³/mol. The van der Waals surface area contributed by atoms with Crippen LogP contribution in [0.3, 0.4) is 0 Å². The van der Waals surface area contributed by atoms with Crippen molar-refractivity contribution in [3.8, 4) is 23.1 Å². The molecule has 1 aromatic heterocycles. The first-order valence-corrected chi connectivity index (χ1v) is 5.60. The van der Waals surface area contributed by atoms with Crippen LogP contribution >= 0.6 is 15.9 Å². The van der Waals surface area contributed by atoms with Gasteiger partial charge in [0.25, 0.3) is 0 Å². The summed E-state index contributed by atoms with van der Waals surface area (Å²) in [6.07, 6.45) is 1.46. The molecule has 0 N–H and O–H groups in total. The lowest BCUT2D eigenvalue weighted by Gasteiger charge is -2.08. The number of aromatic nitrogens is 2. The Kier molecular flexibility index (Phi) is 3.35. The molecule has 1 heterocycles. The molecule has 0 bridgehead atoms. The van der Waals surface area contributed by atoms with Crippen LogP contribution in [0, 0.1) is 11.3 Å². The van der Waals surface area contributed by atoms with E-state index < -0.39 is 0 Å². The standard InChI is InChI=1S/C12H8BrN3O/c1-17-11-3-2-8(6-14)4-9(11)10-5-12(13)16-7-15-10/h2-5,7H,1H3. The molecule has 17 heavy (non-hydrogen) atoms. The van der Waals surface area contributed by atoms with Crippen molar-refractivity contribution in [3.05, 3.63) is 40.8 Å². The van der Waals surface area contributed by atoms with Crippen molar-refractivity contribution in [2.24, 2.45) is 0 Å². The number of benzene rings is 1. The molecule has 2 aromatic rings. The summed E-state index contributed by atoms with van der Waals surface area (Å²) >= 11 is 3.28. The Labute approximate surface area is 107 Å². The van der Waals surface area contributed by atoms with Crippen molar-refractivity contribution in [2.45, 2.75) is 0 Å². The van der Waals surface area contributed by atoms with E-state index in [9.17, 15) is 0 Å². The molecule has 0 fully saturated rings. The summed E-state index contributed by atoms with van der Waals surface area (Å²) in [5.74, 6) is 0.676. The Morgan fingerprint density at radius 3 is 2.76 bits per heavy atom. The normalized spacial score (nSPS) is 9.71. The van der Waals surface area contributed by atoms with Crippen LogP contribution < -0.4 is 4.74 Å². The zero-order valence-corrected chi connectivity index (χ0v) is 10.6. The van der Waals surface area contributed by atoms with Gasteiger partial charge < -0.3 is 4.74 Å². The maximum atomic E-state index is 8.89. The Balaban J connectivity index is 2.61. The van der Waals surface area contributed by atoms with E-state index in [1.807, 2.05) is 0 Å². The summed E-state index contributed by atoms with van der Waals surface area (Å²) in [6.45, 7) is 0. The van der Waals surface area contributed by atoms with Gasteiger partial charge in [-0.3, -0.25) is 0 Å². The molecule has 0 aliphatic carbocycles. The van der Waals surface area contributed by atoms with E-state index in [0.717, 1.165) is 5.56 Å². The van der Waals surface area contributed by atoms with Crippen molar-refractivity contribution in [2.75, 3.05) is 7.11 Å². The van der Waals surface area contributed by atoms with Crippen LogP contribution in [-0.4, -0.2) is 17.1 Å². The van der Waals surface area contributed by atoms with Gasteiger partial charge in [-0.1, -0.05) is 0 Å². The topological polar surface area (TPSA) is 58.8 Å². The monoisotopic (exact) mass is 289 g/mol. The van der Waals surface area contributed by atoms with E-state index in [0.29, 0.717) is 21.6 Å². The molecule has 0 radical (unpaired) electrons. The minimum absolute atomic E-state index is 0.565. The highest BCUT2D eigenvalue weighted by atomic mass is 79.9. The summed E-state index contributed by atoms with van der Waals surface area (Å²) in [7, 11) is 1.58. The first-order chi connectivity index (χ1) is 8.24. The SMILES string of the molecule is COc1ccc(C#N)cc1-c1cc(Br)ncn1. The summed E-state index contributed by atoms with van der Waals surface area (Å²) in [5.41, 5.74) is 2.05. The van der Waals surface area contributed by atoms with Crippen molar-refractivity contribution in [1.29, 1.82) is 5.26 Å². The molecule has 0 aliphatic heterocycles. The molecule has 84 valence electrons. The molecule has 0 saturated heterocycles. The number of methoxy groups -OCH3 is 1. The van der Waals surface area contributed by atoms with Gasteiger partial charge in [0.2, 0.25) is 0 Å². The lowest BCUT2D eigenvalue weighted by Crippen LogP contribution is -1.92. The van der Waals surface area contributed by atoms with E-state index in [-0.39, 0.29) is 0 Å². The van der Waals surface area contributed by atoms with Gasteiger partial charge in [0.05, 0.1) is 24.4 Å². The Morgan fingerprint density at radius 2 is 2.12 bits per heavy atom. The number of rotatable bonds is 2. The lowest BCUT2D eigenvalue weighted by atomic mass is 10.1. The minimum atomic E-state index is 0.565. The highest BCUT2D eigenvalue weighted by Crippen LogP contribution is 2.30. The molecular formula is C12H8BrN3O. The van der Waals surface area contributed by atoms with Crippen LogP contribution in [0.5, 0.6) is 5.75 Å². The number of hydrogen-bond donors (Lipinski definition) is 0. The Bertz CT molecular complexity index is 593. The van der Waals surface area contributed by atoms with Gasteiger partial charge in [-0.25, -0.2) is 9.97 Å². The second-order valence-corrected chi connectivity index (χ2v) is 4.07. The van der Waals surface area contributed by atoms with E-state index in [2.05, 4.69) is 32.0 Å². The third kappa shape index (κ3) is 2.43. The highest BCUT2D eigenvalue weighted by molar-refractivity contribution is 9.10. The number of halogens is 1. The molecule has 0 atom stereocenters. The maximum absolute atomic E-state index is 8.89. The zero-order chi connectivity index (χ0) is 12.3. The third-order valence-corrected chi connectivity index (χ3v) is 2.67. The Hall–Kier alpha value is -1.93. The van der Waals surface area contributed by atoms with E-state index in [4.69, 9.17) is 10.00 Å². The second-order valence-electron chi connectivity index (χ2n) is 3.25. The molecule has 0 unspecified atom stereocenters. The fourth-order valence-corrected chi connectivity index (χ4v) is 1.77. The molecule has 5 heteroatoms. The molecule has 1 aromatic carbocycles. The third-order valence-electron chi connectivity index (χ3n) is 2.24. The van der Waals surface area contributed by atoms with Gasteiger partial charge in [0.1, 0.15) is 16.7 Å². The van der Waals surface area contributed by atoms with Gasteiger partial charge in [0.15, 0.2) is 0 Å². The van der Waals surface area contributed by atoms with Crippen molar-refractivity contribution >= 4 is 15.9 Å². The number of ether oxygens (including phenoxy) is 1. The van der Waals surface area contributed by atoms with Crippen molar-refractivity contribution in [3.63, 3.8) is 0 Å². The molecule has 0 aliphatic rings. The van der Waals surface area contributed by atoms with Gasteiger partial charge in [0, 0.05) is 5.56 Å². The summed E-state index contributed by atoms with van der Waals surface area (Å²) < 4.78 is 5.94. The number of nitrogens with zero attached hydrogens (tertiary/aromatic N) is 3. The molecule has 0 spiro atoms. The van der Waals surface area contributed by atoms with Gasteiger partial charge >= 0.3 is 0 Å². The first-order valence-electron chi connectivity index (χ1n) is 4.80. The fraction of sp³-hybridized carbons (Fsp3) is 0.0833. The molecule has 2 rings (SSSR count). The summed E-state index contributed by atoms with van der Waals surface area (Å²) in [4.78, 5) is 8.13. The summed E-state index contributed by atoms with van der Waals surface area (Å²) in [6, 6.07) is 9.07. The average molecular weight is 290 g/mol. The quantitative estimate of drug-likeness (QED) is 0.798. The van der Waals surface area contributed by atoms with Crippen LogP contribution in [0.15, 0.2) is 35.2 Å². The van der Waals surface area contributed by atoms with Crippen molar-refractivity contribution < 1.29 is 4.74 Å². The first kappa shape index (κ1) is 11.6.